The minimum absolute atomic E-state index is 0.106. The predicted octanol–water partition coefficient (Wildman–Crippen LogP) is 20.3. The van der Waals surface area contributed by atoms with Crippen LogP contribution in [0.15, 0.2) is 0 Å². The molecule has 0 aliphatic carbocycles. The smallest absolute Gasteiger partial charge is 0.462 e. The molecule has 0 aliphatic heterocycles. The van der Waals surface area contributed by atoms with E-state index in [1.807, 2.05) is 0 Å². The van der Waals surface area contributed by atoms with Crippen molar-refractivity contribution in [3.05, 3.63) is 0 Å². The molecule has 0 saturated carbocycles. The third-order valence-electron chi connectivity index (χ3n) is 16.4. The third kappa shape index (κ3) is 64.6. The molecular formula is C70H136O17P2. The van der Waals surface area contributed by atoms with Crippen LogP contribution < -0.4 is 0 Å². The number of aliphatic hydroxyl groups excluding tert-OH is 1. The molecular weight excluding hydrogens is 1170 g/mol. The first-order valence-electron chi connectivity index (χ1n) is 36.8. The van der Waals surface area contributed by atoms with E-state index in [2.05, 4.69) is 27.7 Å². The van der Waals surface area contributed by atoms with E-state index < -0.39 is 97.5 Å². The molecule has 0 heterocycles. The lowest BCUT2D eigenvalue weighted by Gasteiger charge is -2.21. The van der Waals surface area contributed by atoms with Crippen LogP contribution >= 0.6 is 15.6 Å². The van der Waals surface area contributed by atoms with E-state index in [-0.39, 0.29) is 25.7 Å². The summed E-state index contributed by atoms with van der Waals surface area (Å²) in [6.45, 7) is 4.85. The fourth-order valence-corrected chi connectivity index (χ4v) is 12.3. The lowest BCUT2D eigenvalue weighted by atomic mass is 10.0. The van der Waals surface area contributed by atoms with Crippen molar-refractivity contribution in [1.29, 1.82) is 0 Å². The van der Waals surface area contributed by atoms with Crippen LogP contribution in [0.25, 0.3) is 0 Å². The molecule has 0 rings (SSSR count). The number of esters is 4. The molecule has 89 heavy (non-hydrogen) atoms. The predicted molar refractivity (Wildman–Crippen MR) is 359 cm³/mol. The zero-order valence-electron chi connectivity index (χ0n) is 57.4. The highest BCUT2D eigenvalue weighted by Gasteiger charge is 2.30. The third-order valence-corrected chi connectivity index (χ3v) is 18.3. The van der Waals surface area contributed by atoms with Crippen LogP contribution in [0.1, 0.15) is 368 Å². The summed E-state index contributed by atoms with van der Waals surface area (Å²) in [5.74, 6) is -2.13. The molecule has 0 saturated heterocycles. The van der Waals surface area contributed by atoms with Crippen molar-refractivity contribution in [3.63, 3.8) is 0 Å². The second kappa shape index (κ2) is 64.8. The number of carbonyl (C=O) groups excluding carboxylic acids is 4. The average molecular weight is 1310 g/mol. The van der Waals surface area contributed by atoms with E-state index in [1.54, 1.807) is 0 Å². The molecule has 0 aromatic rings. The molecule has 0 fully saturated rings. The molecule has 0 bridgehead atoms. The normalized spacial score (nSPS) is 14.0. The van der Waals surface area contributed by atoms with Gasteiger partial charge in [0.15, 0.2) is 12.2 Å². The summed E-state index contributed by atoms with van der Waals surface area (Å²) in [7, 11) is -9.89. The molecule has 2 unspecified atom stereocenters. The first kappa shape index (κ1) is 87.1. The summed E-state index contributed by atoms with van der Waals surface area (Å²) >= 11 is 0. The van der Waals surface area contributed by atoms with E-state index in [1.165, 1.54) is 193 Å². The fraction of sp³-hybridized carbons (Fsp3) is 0.943. The first-order valence-corrected chi connectivity index (χ1v) is 39.8. The molecule has 17 nitrogen and oxygen atoms in total. The second-order valence-corrected chi connectivity index (χ2v) is 28.2. The van der Waals surface area contributed by atoms with Gasteiger partial charge in [0.25, 0.3) is 0 Å². The minimum atomic E-state index is -4.95. The van der Waals surface area contributed by atoms with Crippen LogP contribution in [0.3, 0.4) is 0 Å². The van der Waals surface area contributed by atoms with E-state index in [9.17, 15) is 43.2 Å². The van der Waals surface area contributed by atoms with Gasteiger partial charge in [0.2, 0.25) is 0 Å². The highest BCUT2D eigenvalue weighted by Crippen LogP contribution is 2.45. The van der Waals surface area contributed by atoms with Crippen molar-refractivity contribution >= 4 is 39.5 Å². The minimum Gasteiger partial charge on any atom is -0.462 e. The Bertz CT molecular complexity index is 1710. The topological polar surface area (TPSA) is 237 Å². The molecule has 0 aromatic heterocycles. The van der Waals surface area contributed by atoms with Gasteiger partial charge in [-0.15, -0.1) is 0 Å². The molecule has 3 N–H and O–H groups in total. The van der Waals surface area contributed by atoms with Gasteiger partial charge in [0.1, 0.15) is 19.3 Å². The average Bonchev–Trinajstić information content (AvgIpc) is 3.69. The summed E-state index contributed by atoms with van der Waals surface area (Å²) in [4.78, 5) is 72.2. The maximum Gasteiger partial charge on any atom is 0.472 e. The van der Waals surface area contributed by atoms with Gasteiger partial charge in [-0.05, 0) is 25.7 Å². The van der Waals surface area contributed by atoms with Crippen molar-refractivity contribution < 1.29 is 80.2 Å². The maximum atomic E-state index is 13.0. The molecule has 0 aliphatic rings. The maximum absolute atomic E-state index is 13.0. The van der Waals surface area contributed by atoms with E-state index >= 15 is 0 Å². The largest absolute Gasteiger partial charge is 0.472 e. The lowest BCUT2D eigenvalue weighted by molar-refractivity contribution is -0.161. The monoisotopic (exact) mass is 1310 g/mol. The Morgan fingerprint density at radius 2 is 0.449 bits per heavy atom. The standard InChI is InChI=1S/C70H136O17P2/c1-5-9-13-17-20-23-26-28-30-31-32-33-35-37-39-42-45-49-53-57-70(75)87-66(61-81-68(73)55-51-47-43-41-38-36-34-29-27-24-21-18-14-10-6-2)63-85-89(78,79)83-59-64(71)58-82-88(76,77)84-62-65(60-80-67(72)54-50-46-16-12-8-4)86-69(74)56-52-48-44-40-25-22-19-15-11-7-3/h64-66,71H,5-63H2,1-4H3,(H,76,77)(H,78,79)/t64-,65+,66+/m0/s1. The van der Waals surface area contributed by atoms with Crippen molar-refractivity contribution in [3.8, 4) is 0 Å². The Labute approximate surface area is 543 Å². The summed E-state index contributed by atoms with van der Waals surface area (Å²) < 4.78 is 68.0. The summed E-state index contributed by atoms with van der Waals surface area (Å²) in [5, 5.41) is 10.5. The Kier molecular flexibility index (Phi) is 63.3. The van der Waals surface area contributed by atoms with Crippen LogP contribution in [-0.2, 0) is 65.4 Å². The molecule has 528 valence electrons. The van der Waals surface area contributed by atoms with Crippen molar-refractivity contribution in [1.82, 2.24) is 0 Å². The van der Waals surface area contributed by atoms with Gasteiger partial charge >= 0.3 is 39.5 Å². The second-order valence-electron chi connectivity index (χ2n) is 25.3. The highest BCUT2D eigenvalue weighted by atomic mass is 31.2. The Hall–Kier alpha value is -1.94. The Balaban J connectivity index is 5.13. The number of ether oxygens (including phenoxy) is 4. The van der Waals surface area contributed by atoms with Crippen LogP contribution in [0.5, 0.6) is 0 Å². The molecule has 0 amide bonds. The van der Waals surface area contributed by atoms with Gasteiger partial charge < -0.3 is 33.8 Å². The number of phosphoric ester groups is 2. The number of carbonyl (C=O) groups is 4. The number of aliphatic hydroxyl groups is 1. The molecule has 0 aromatic carbocycles. The summed E-state index contributed by atoms with van der Waals surface area (Å²) in [5.41, 5.74) is 0. The van der Waals surface area contributed by atoms with Gasteiger partial charge in [-0.2, -0.15) is 0 Å². The van der Waals surface area contributed by atoms with Crippen LogP contribution in [-0.4, -0.2) is 96.7 Å². The number of hydrogen-bond acceptors (Lipinski definition) is 15. The summed E-state index contributed by atoms with van der Waals surface area (Å²) in [6, 6.07) is 0. The molecule has 0 spiro atoms. The quantitative estimate of drug-likeness (QED) is 0.0222. The van der Waals surface area contributed by atoms with Crippen LogP contribution in [0.2, 0.25) is 0 Å². The van der Waals surface area contributed by atoms with Crippen molar-refractivity contribution in [2.75, 3.05) is 39.6 Å². The zero-order valence-corrected chi connectivity index (χ0v) is 59.2. The van der Waals surface area contributed by atoms with Gasteiger partial charge in [-0.25, -0.2) is 9.13 Å². The SMILES string of the molecule is CCCCCCCCCCCCCCCCCCCCCC(=O)O[C@H](COC(=O)CCCCCCCCCCCCCCCCC)COP(=O)(O)OC[C@@H](O)COP(=O)(O)OC[C@@H](COC(=O)CCCCCCC)OC(=O)CCCCCCCCCCCC. The first-order chi connectivity index (χ1) is 43.2. The zero-order chi connectivity index (χ0) is 65.4. The number of phosphoric acid groups is 2. The molecule has 0 radical (unpaired) electrons. The van der Waals surface area contributed by atoms with Gasteiger partial charge in [0, 0.05) is 25.7 Å². The Morgan fingerprint density at radius 3 is 0.663 bits per heavy atom. The summed E-state index contributed by atoms with van der Waals surface area (Å²) in [6.07, 6.45) is 53.1. The number of unbranched alkanes of at least 4 members (excludes halogenated alkanes) is 45. The van der Waals surface area contributed by atoms with Gasteiger partial charge in [0.05, 0.1) is 26.4 Å². The van der Waals surface area contributed by atoms with Crippen LogP contribution in [0, 0.1) is 0 Å². The van der Waals surface area contributed by atoms with Gasteiger partial charge in [-0.1, -0.05) is 317 Å². The van der Waals surface area contributed by atoms with E-state index in [0.29, 0.717) is 25.7 Å². The van der Waals surface area contributed by atoms with Crippen molar-refractivity contribution in [2.24, 2.45) is 0 Å². The molecule has 19 heteroatoms. The van der Waals surface area contributed by atoms with E-state index in [0.717, 1.165) is 96.3 Å². The van der Waals surface area contributed by atoms with Crippen LogP contribution in [0.4, 0.5) is 0 Å². The van der Waals surface area contributed by atoms with Crippen molar-refractivity contribution in [2.45, 2.75) is 386 Å². The Morgan fingerprint density at radius 1 is 0.270 bits per heavy atom. The highest BCUT2D eigenvalue weighted by molar-refractivity contribution is 7.47. The van der Waals surface area contributed by atoms with Gasteiger partial charge in [-0.3, -0.25) is 37.3 Å². The molecule has 5 atom stereocenters. The lowest BCUT2D eigenvalue weighted by Crippen LogP contribution is -2.30. The fourth-order valence-electron chi connectivity index (χ4n) is 10.7. The number of rotatable bonds is 71. The number of hydrogen-bond donors (Lipinski definition) is 3. The van der Waals surface area contributed by atoms with E-state index in [4.69, 9.17) is 37.0 Å².